The minimum atomic E-state index is -0.00915. The third kappa shape index (κ3) is 4.49. The molecule has 3 rings (SSSR count). The topological polar surface area (TPSA) is 51.2 Å². The SMILES string of the molecule is COc1ccc(C(=O)N2CCN(CC3CCCCC3)CC2)c(OC)c1OC. The van der Waals surface area contributed by atoms with E-state index in [0.29, 0.717) is 22.8 Å². The van der Waals surface area contributed by atoms with Gasteiger partial charge in [0, 0.05) is 32.7 Å². The Hall–Kier alpha value is -1.95. The van der Waals surface area contributed by atoms with Crippen molar-refractivity contribution < 1.29 is 19.0 Å². The summed E-state index contributed by atoms with van der Waals surface area (Å²) in [7, 11) is 4.68. The van der Waals surface area contributed by atoms with Crippen LogP contribution >= 0.6 is 0 Å². The van der Waals surface area contributed by atoms with Crippen molar-refractivity contribution in [3.8, 4) is 17.2 Å². The lowest BCUT2D eigenvalue weighted by molar-refractivity contribution is 0.0602. The average molecular weight is 376 g/mol. The van der Waals surface area contributed by atoms with Gasteiger partial charge in [-0.2, -0.15) is 0 Å². The Morgan fingerprint density at radius 1 is 0.926 bits per heavy atom. The molecule has 1 amide bonds. The van der Waals surface area contributed by atoms with Crippen LogP contribution in [0.1, 0.15) is 42.5 Å². The number of hydrogen-bond acceptors (Lipinski definition) is 5. The molecule has 2 fully saturated rings. The van der Waals surface area contributed by atoms with Crippen molar-refractivity contribution >= 4 is 5.91 Å². The highest BCUT2D eigenvalue weighted by molar-refractivity contribution is 5.98. The predicted molar refractivity (Wildman–Crippen MR) is 105 cm³/mol. The van der Waals surface area contributed by atoms with Crippen molar-refractivity contribution in [2.24, 2.45) is 5.92 Å². The fourth-order valence-electron chi connectivity index (χ4n) is 4.31. The van der Waals surface area contributed by atoms with Gasteiger partial charge in [-0.25, -0.2) is 0 Å². The molecule has 0 spiro atoms. The quantitative estimate of drug-likeness (QED) is 0.764. The third-order valence-electron chi connectivity index (χ3n) is 5.84. The number of ether oxygens (including phenoxy) is 3. The number of nitrogens with zero attached hydrogens (tertiary/aromatic N) is 2. The molecule has 150 valence electrons. The van der Waals surface area contributed by atoms with Gasteiger partial charge in [-0.1, -0.05) is 19.3 Å². The third-order valence-corrected chi connectivity index (χ3v) is 5.84. The van der Waals surface area contributed by atoms with Gasteiger partial charge < -0.3 is 19.1 Å². The molecule has 6 heteroatoms. The second-order valence-electron chi connectivity index (χ2n) is 7.48. The first-order chi connectivity index (χ1) is 13.2. The average Bonchev–Trinajstić information content (AvgIpc) is 2.73. The normalized spacial score (nSPS) is 19.0. The zero-order valence-corrected chi connectivity index (χ0v) is 16.8. The molecule has 1 heterocycles. The molecular formula is C21H32N2O4. The van der Waals surface area contributed by atoms with E-state index in [0.717, 1.165) is 32.1 Å². The monoisotopic (exact) mass is 376 g/mol. The van der Waals surface area contributed by atoms with Gasteiger partial charge in [-0.05, 0) is 30.9 Å². The van der Waals surface area contributed by atoms with Gasteiger partial charge in [0.2, 0.25) is 5.75 Å². The molecule has 0 aromatic heterocycles. The summed E-state index contributed by atoms with van der Waals surface area (Å²) in [6, 6.07) is 3.52. The van der Waals surface area contributed by atoms with E-state index >= 15 is 0 Å². The standard InChI is InChI=1S/C21H32N2O4/c1-25-18-10-9-17(19(26-2)20(18)27-3)21(24)23-13-11-22(12-14-23)15-16-7-5-4-6-8-16/h9-10,16H,4-8,11-15H2,1-3H3. The summed E-state index contributed by atoms with van der Waals surface area (Å²) in [4.78, 5) is 17.5. The Morgan fingerprint density at radius 3 is 2.19 bits per heavy atom. The molecule has 2 aliphatic rings. The van der Waals surface area contributed by atoms with E-state index in [1.165, 1.54) is 38.6 Å². The summed E-state index contributed by atoms with van der Waals surface area (Å²) < 4.78 is 16.2. The Morgan fingerprint density at radius 2 is 1.59 bits per heavy atom. The van der Waals surface area contributed by atoms with Crippen LogP contribution in [-0.2, 0) is 0 Å². The fourth-order valence-corrected chi connectivity index (χ4v) is 4.31. The first-order valence-electron chi connectivity index (χ1n) is 9.98. The predicted octanol–water partition coefficient (Wildman–Crippen LogP) is 3.05. The second-order valence-corrected chi connectivity index (χ2v) is 7.48. The fraction of sp³-hybridized carbons (Fsp3) is 0.667. The van der Waals surface area contributed by atoms with E-state index in [4.69, 9.17) is 14.2 Å². The molecule has 0 N–H and O–H groups in total. The number of carbonyl (C=O) groups excluding carboxylic acids is 1. The summed E-state index contributed by atoms with van der Waals surface area (Å²) in [5.74, 6) is 2.29. The van der Waals surface area contributed by atoms with Crippen molar-refractivity contribution in [1.29, 1.82) is 0 Å². The molecule has 0 atom stereocenters. The van der Waals surface area contributed by atoms with Crippen LogP contribution in [0.2, 0.25) is 0 Å². The van der Waals surface area contributed by atoms with Gasteiger partial charge in [-0.15, -0.1) is 0 Å². The van der Waals surface area contributed by atoms with Crippen LogP contribution in [0, 0.1) is 5.92 Å². The van der Waals surface area contributed by atoms with Crippen molar-refractivity contribution in [2.75, 3.05) is 54.1 Å². The summed E-state index contributed by atoms with van der Waals surface area (Å²) >= 11 is 0. The highest BCUT2D eigenvalue weighted by Gasteiger charge is 2.28. The number of piperazine rings is 1. The molecule has 1 saturated heterocycles. The molecule has 1 aromatic rings. The highest BCUT2D eigenvalue weighted by atomic mass is 16.5. The molecule has 1 saturated carbocycles. The zero-order chi connectivity index (χ0) is 19.2. The summed E-state index contributed by atoms with van der Waals surface area (Å²) in [5.41, 5.74) is 0.524. The molecule has 0 bridgehead atoms. The van der Waals surface area contributed by atoms with Crippen LogP contribution in [-0.4, -0.2) is 69.8 Å². The molecule has 0 unspecified atom stereocenters. The van der Waals surface area contributed by atoms with Crippen LogP contribution in [0.5, 0.6) is 17.2 Å². The number of hydrogen-bond donors (Lipinski definition) is 0. The van der Waals surface area contributed by atoms with Gasteiger partial charge in [0.05, 0.1) is 26.9 Å². The van der Waals surface area contributed by atoms with Crippen LogP contribution in [0.3, 0.4) is 0 Å². The van der Waals surface area contributed by atoms with E-state index in [1.54, 1.807) is 33.5 Å². The molecule has 27 heavy (non-hydrogen) atoms. The number of amides is 1. The Balaban J connectivity index is 1.63. The maximum Gasteiger partial charge on any atom is 0.257 e. The number of rotatable bonds is 6. The van der Waals surface area contributed by atoms with E-state index in [1.807, 2.05) is 4.90 Å². The lowest BCUT2D eigenvalue weighted by Gasteiger charge is -2.37. The molecule has 0 radical (unpaired) electrons. The van der Waals surface area contributed by atoms with E-state index in [-0.39, 0.29) is 5.91 Å². The Labute approximate surface area is 162 Å². The maximum atomic E-state index is 13.1. The van der Waals surface area contributed by atoms with E-state index in [2.05, 4.69) is 4.90 Å². The first-order valence-corrected chi connectivity index (χ1v) is 9.98. The van der Waals surface area contributed by atoms with Crippen molar-refractivity contribution in [3.63, 3.8) is 0 Å². The Bertz CT molecular complexity index is 635. The maximum absolute atomic E-state index is 13.1. The minimum absolute atomic E-state index is 0.00915. The van der Waals surface area contributed by atoms with Gasteiger partial charge in [0.25, 0.3) is 5.91 Å². The number of benzene rings is 1. The highest BCUT2D eigenvalue weighted by Crippen LogP contribution is 2.40. The van der Waals surface area contributed by atoms with Gasteiger partial charge >= 0.3 is 0 Å². The van der Waals surface area contributed by atoms with E-state index < -0.39 is 0 Å². The van der Waals surface area contributed by atoms with Gasteiger partial charge in [0.15, 0.2) is 11.5 Å². The summed E-state index contributed by atoms with van der Waals surface area (Å²) in [6.45, 7) is 4.57. The molecule has 1 aliphatic heterocycles. The lowest BCUT2D eigenvalue weighted by Crippen LogP contribution is -2.49. The Kier molecular flexibility index (Phi) is 6.83. The van der Waals surface area contributed by atoms with Gasteiger partial charge in [0.1, 0.15) is 0 Å². The van der Waals surface area contributed by atoms with Crippen LogP contribution in [0.25, 0.3) is 0 Å². The largest absolute Gasteiger partial charge is 0.493 e. The second kappa shape index (κ2) is 9.31. The zero-order valence-electron chi connectivity index (χ0n) is 16.8. The van der Waals surface area contributed by atoms with E-state index in [9.17, 15) is 4.79 Å². The van der Waals surface area contributed by atoms with Crippen LogP contribution in [0.15, 0.2) is 12.1 Å². The van der Waals surface area contributed by atoms with Crippen molar-refractivity contribution in [1.82, 2.24) is 9.80 Å². The van der Waals surface area contributed by atoms with Crippen molar-refractivity contribution in [2.45, 2.75) is 32.1 Å². The lowest BCUT2D eigenvalue weighted by atomic mass is 9.89. The number of methoxy groups -OCH3 is 3. The first kappa shape index (κ1) is 19.8. The molecule has 1 aromatic carbocycles. The van der Waals surface area contributed by atoms with Crippen LogP contribution < -0.4 is 14.2 Å². The molecule has 1 aliphatic carbocycles. The molecule has 6 nitrogen and oxygen atoms in total. The smallest absolute Gasteiger partial charge is 0.257 e. The summed E-state index contributed by atoms with van der Waals surface area (Å²) in [5, 5.41) is 0. The minimum Gasteiger partial charge on any atom is -0.493 e. The van der Waals surface area contributed by atoms with Crippen LogP contribution in [0.4, 0.5) is 0 Å². The molecular weight excluding hydrogens is 344 g/mol. The van der Waals surface area contributed by atoms with Gasteiger partial charge in [-0.3, -0.25) is 9.69 Å². The summed E-state index contributed by atoms with van der Waals surface area (Å²) in [6.07, 6.45) is 6.88. The number of carbonyl (C=O) groups is 1. The van der Waals surface area contributed by atoms with Crippen molar-refractivity contribution in [3.05, 3.63) is 17.7 Å².